The van der Waals surface area contributed by atoms with E-state index >= 15 is 0 Å². The minimum Gasteiger partial charge on any atom is -0.357 e. The van der Waals surface area contributed by atoms with E-state index in [1.165, 1.54) is 13.1 Å². The molecule has 0 saturated carbocycles. The minimum absolute atomic E-state index is 0.101. The van der Waals surface area contributed by atoms with Crippen LogP contribution in [-0.4, -0.2) is 30.8 Å². The summed E-state index contributed by atoms with van der Waals surface area (Å²) in [6, 6.07) is 9.78. The van der Waals surface area contributed by atoms with Crippen molar-refractivity contribution in [2.45, 2.75) is 25.4 Å². The number of rotatable bonds is 7. The number of likely N-dealkylation sites (N-methyl/N-ethyl adjacent to an activating group) is 1. The maximum Gasteiger partial charge on any atom is 0.251 e. The highest BCUT2D eigenvalue weighted by Crippen LogP contribution is 2.17. The number of hydrogen-bond acceptors (Lipinski definition) is 3. The third-order valence-corrected chi connectivity index (χ3v) is 4.00. The molecule has 3 N–H and O–H groups in total. The largest absolute Gasteiger partial charge is 0.357 e. The number of hydrogen-bond donors (Lipinski definition) is 3. The molecule has 0 fully saturated rings. The van der Waals surface area contributed by atoms with Gasteiger partial charge in [-0.05, 0) is 36.8 Å². The number of benzene rings is 2. The first-order valence-electron chi connectivity index (χ1n) is 8.63. The maximum atomic E-state index is 13.5. The van der Waals surface area contributed by atoms with Crippen molar-refractivity contribution in [3.63, 3.8) is 0 Å². The molecule has 0 aliphatic rings. The summed E-state index contributed by atoms with van der Waals surface area (Å²) in [5, 5.41) is 7.54. The Hall–Kier alpha value is -3.29. The molecule has 0 aromatic heterocycles. The van der Waals surface area contributed by atoms with Crippen molar-refractivity contribution in [1.29, 1.82) is 0 Å². The number of amides is 3. The van der Waals surface area contributed by atoms with Gasteiger partial charge in [0.15, 0.2) is 11.6 Å². The normalized spacial score (nSPS) is 12.6. The van der Waals surface area contributed by atoms with E-state index in [9.17, 15) is 23.2 Å². The van der Waals surface area contributed by atoms with Gasteiger partial charge in [0.1, 0.15) is 6.04 Å². The van der Waals surface area contributed by atoms with Gasteiger partial charge in [-0.2, -0.15) is 0 Å². The molecule has 28 heavy (non-hydrogen) atoms. The number of nitrogens with one attached hydrogen (secondary N) is 3. The van der Waals surface area contributed by atoms with Crippen LogP contribution in [-0.2, 0) is 9.59 Å². The Morgan fingerprint density at radius 3 is 2.25 bits per heavy atom. The zero-order valence-corrected chi connectivity index (χ0v) is 15.5. The lowest BCUT2D eigenvalue weighted by molar-refractivity contribution is -0.129. The Labute approximate surface area is 161 Å². The summed E-state index contributed by atoms with van der Waals surface area (Å²) in [6.45, 7) is 1.65. The first kappa shape index (κ1) is 21.0. The van der Waals surface area contributed by atoms with Crippen LogP contribution in [0.5, 0.6) is 0 Å². The fraction of sp³-hybridized carbons (Fsp3) is 0.250. The molecule has 0 heterocycles. The van der Waals surface area contributed by atoms with Crippen LogP contribution in [0.4, 0.5) is 8.78 Å². The van der Waals surface area contributed by atoms with Crippen molar-refractivity contribution in [3.8, 4) is 0 Å². The highest BCUT2D eigenvalue weighted by molar-refractivity contribution is 5.94. The molecule has 0 radical (unpaired) electrons. The van der Waals surface area contributed by atoms with Gasteiger partial charge in [-0.25, -0.2) is 8.78 Å². The second kappa shape index (κ2) is 9.59. The molecular weight excluding hydrogens is 368 g/mol. The summed E-state index contributed by atoms with van der Waals surface area (Å²) >= 11 is 0. The van der Waals surface area contributed by atoms with Crippen molar-refractivity contribution >= 4 is 17.7 Å². The summed E-state index contributed by atoms with van der Waals surface area (Å²) in [5.74, 6) is -3.61. The van der Waals surface area contributed by atoms with E-state index < -0.39 is 35.5 Å². The molecule has 2 atom stereocenters. The van der Waals surface area contributed by atoms with E-state index in [0.29, 0.717) is 5.56 Å². The molecule has 2 aromatic rings. The van der Waals surface area contributed by atoms with Gasteiger partial charge >= 0.3 is 0 Å². The Balaban J connectivity index is 2.02. The average molecular weight is 389 g/mol. The van der Waals surface area contributed by atoms with Gasteiger partial charge in [0.25, 0.3) is 5.91 Å². The van der Waals surface area contributed by atoms with Crippen molar-refractivity contribution < 1.29 is 23.2 Å². The Morgan fingerprint density at radius 1 is 0.964 bits per heavy atom. The molecule has 0 aliphatic heterocycles. The lowest BCUT2D eigenvalue weighted by atomic mass is 10.0. The Bertz CT molecular complexity index is 859. The van der Waals surface area contributed by atoms with Crippen LogP contribution >= 0.6 is 0 Å². The van der Waals surface area contributed by atoms with Gasteiger partial charge in [-0.3, -0.25) is 14.4 Å². The van der Waals surface area contributed by atoms with Crippen molar-refractivity contribution in [2.75, 3.05) is 7.05 Å². The van der Waals surface area contributed by atoms with E-state index in [0.717, 1.165) is 12.1 Å². The summed E-state index contributed by atoms with van der Waals surface area (Å²) in [5.41, 5.74) is 0.562. The first-order valence-corrected chi connectivity index (χ1v) is 8.63. The molecule has 2 unspecified atom stereocenters. The molecule has 2 aromatic carbocycles. The molecule has 8 heteroatoms. The van der Waals surface area contributed by atoms with Crippen LogP contribution in [0.2, 0.25) is 0 Å². The van der Waals surface area contributed by atoms with E-state index in [1.54, 1.807) is 37.3 Å². The Kier molecular flexibility index (Phi) is 7.20. The van der Waals surface area contributed by atoms with Gasteiger partial charge in [-0.1, -0.05) is 24.3 Å². The molecular formula is C20H21F2N3O3. The standard InChI is InChI=1S/C20H21F2N3O3/c1-12(24-19(27)13-6-4-3-5-7-13)10-17(26)25-18(20(28)23-2)14-8-9-15(21)16(22)11-14/h3-9,11-12,18H,10H2,1-2H3,(H,23,28)(H,24,27)(H,25,26). The minimum atomic E-state index is -1.19. The highest BCUT2D eigenvalue weighted by Gasteiger charge is 2.24. The van der Waals surface area contributed by atoms with Crippen LogP contribution < -0.4 is 16.0 Å². The van der Waals surface area contributed by atoms with Crippen LogP contribution in [0, 0.1) is 11.6 Å². The zero-order chi connectivity index (χ0) is 20.7. The van der Waals surface area contributed by atoms with Crippen molar-refractivity contribution in [3.05, 3.63) is 71.3 Å². The molecule has 148 valence electrons. The summed E-state index contributed by atoms with van der Waals surface area (Å²) in [7, 11) is 1.37. The predicted octanol–water partition coefficient (Wildman–Crippen LogP) is 2.08. The third-order valence-electron chi connectivity index (χ3n) is 4.00. The molecule has 0 bridgehead atoms. The van der Waals surface area contributed by atoms with Gasteiger partial charge in [0, 0.05) is 25.1 Å². The zero-order valence-electron chi connectivity index (χ0n) is 15.5. The summed E-state index contributed by atoms with van der Waals surface area (Å²) < 4.78 is 26.6. The summed E-state index contributed by atoms with van der Waals surface area (Å²) in [6.07, 6.45) is -0.101. The third kappa shape index (κ3) is 5.60. The van der Waals surface area contributed by atoms with Crippen LogP contribution in [0.3, 0.4) is 0 Å². The number of halogens is 2. The van der Waals surface area contributed by atoms with E-state index in [2.05, 4.69) is 16.0 Å². The maximum absolute atomic E-state index is 13.5. The smallest absolute Gasteiger partial charge is 0.251 e. The van der Waals surface area contributed by atoms with Crippen molar-refractivity contribution in [1.82, 2.24) is 16.0 Å². The van der Waals surface area contributed by atoms with E-state index in [4.69, 9.17) is 0 Å². The number of carbonyl (C=O) groups excluding carboxylic acids is 3. The monoisotopic (exact) mass is 389 g/mol. The molecule has 0 aliphatic carbocycles. The first-order chi connectivity index (χ1) is 13.3. The predicted molar refractivity (Wildman–Crippen MR) is 99.3 cm³/mol. The fourth-order valence-corrected chi connectivity index (χ4v) is 2.58. The van der Waals surface area contributed by atoms with Crippen LogP contribution in [0.15, 0.2) is 48.5 Å². The average Bonchev–Trinajstić information content (AvgIpc) is 2.68. The fourth-order valence-electron chi connectivity index (χ4n) is 2.58. The van der Waals surface area contributed by atoms with Crippen LogP contribution in [0.25, 0.3) is 0 Å². The van der Waals surface area contributed by atoms with E-state index in [1.807, 2.05) is 0 Å². The SMILES string of the molecule is CNC(=O)C(NC(=O)CC(C)NC(=O)c1ccccc1)c1ccc(F)c(F)c1. The highest BCUT2D eigenvalue weighted by atomic mass is 19.2. The van der Waals surface area contributed by atoms with Gasteiger partial charge in [-0.15, -0.1) is 0 Å². The second-order valence-corrected chi connectivity index (χ2v) is 6.23. The van der Waals surface area contributed by atoms with Gasteiger partial charge in [0.2, 0.25) is 11.8 Å². The Morgan fingerprint density at radius 2 is 1.64 bits per heavy atom. The molecule has 0 spiro atoms. The second-order valence-electron chi connectivity index (χ2n) is 6.23. The number of carbonyl (C=O) groups is 3. The van der Waals surface area contributed by atoms with Crippen LogP contribution in [0.1, 0.15) is 35.3 Å². The quantitative estimate of drug-likeness (QED) is 0.678. The van der Waals surface area contributed by atoms with Crippen molar-refractivity contribution in [2.24, 2.45) is 0 Å². The van der Waals surface area contributed by atoms with E-state index in [-0.39, 0.29) is 17.9 Å². The molecule has 0 saturated heterocycles. The summed E-state index contributed by atoms with van der Waals surface area (Å²) in [4.78, 5) is 36.5. The molecule has 6 nitrogen and oxygen atoms in total. The molecule has 2 rings (SSSR count). The van der Waals surface area contributed by atoms with Gasteiger partial charge < -0.3 is 16.0 Å². The lowest BCUT2D eigenvalue weighted by Gasteiger charge is -2.20. The molecule has 3 amide bonds. The lowest BCUT2D eigenvalue weighted by Crippen LogP contribution is -2.42. The topological polar surface area (TPSA) is 87.3 Å². The van der Waals surface area contributed by atoms with Gasteiger partial charge in [0.05, 0.1) is 0 Å².